The summed E-state index contributed by atoms with van der Waals surface area (Å²) >= 11 is 0. The van der Waals surface area contributed by atoms with Gasteiger partial charge in [-0.25, -0.2) is 0 Å². The lowest BCUT2D eigenvalue weighted by atomic mass is 9.93. The zero-order chi connectivity index (χ0) is 12.6. The molecule has 17 heavy (non-hydrogen) atoms. The summed E-state index contributed by atoms with van der Waals surface area (Å²) in [6.45, 7) is 6.20. The minimum Gasteiger partial charge on any atom is -0.493 e. The first kappa shape index (κ1) is 12.1. The van der Waals surface area contributed by atoms with Gasteiger partial charge in [0.2, 0.25) is 0 Å². The van der Waals surface area contributed by atoms with Crippen LogP contribution in [0.3, 0.4) is 0 Å². The van der Waals surface area contributed by atoms with Crippen molar-refractivity contribution in [3.8, 4) is 5.75 Å². The molecule has 1 fully saturated rings. The van der Waals surface area contributed by atoms with Gasteiger partial charge in [-0.05, 0) is 20.3 Å². The van der Waals surface area contributed by atoms with Crippen LogP contribution in [0, 0.1) is 5.92 Å². The number of ether oxygens (including phenoxy) is 1. The van der Waals surface area contributed by atoms with Crippen LogP contribution in [0.15, 0.2) is 6.20 Å². The molecule has 94 valence electrons. The number of ketones is 1. The summed E-state index contributed by atoms with van der Waals surface area (Å²) in [6.07, 6.45) is 3.35. The zero-order valence-corrected chi connectivity index (χ0v) is 10.9. The van der Waals surface area contributed by atoms with Crippen LogP contribution in [0.4, 0.5) is 0 Å². The van der Waals surface area contributed by atoms with Gasteiger partial charge in [0.05, 0.1) is 19.0 Å². The molecule has 4 nitrogen and oxygen atoms in total. The minimum atomic E-state index is 0.0816. The standard InChI is InChI=1S/C13H20N2O2/c1-8(2)15-13(12(17-4)7-14-15)10-5-6-11(16)9(10)3/h7-10H,5-6H2,1-4H3. The Bertz CT molecular complexity index is 423. The number of nitrogens with zero attached hydrogens (tertiary/aromatic N) is 2. The molecule has 2 atom stereocenters. The fourth-order valence-corrected chi connectivity index (χ4v) is 2.65. The molecule has 0 radical (unpaired) electrons. The molecule has 0 amide bonds. The lowest BCUT2D eigenvalue weighted by Gasteiger charge is -2.19. The molecule has 0 aliphatic heterocycles. The van der Waals surface area contributed by atoms with Crippen LogP contribution in [0.2, 0.25) is 0 Å². The monoisotopic (exact) mass is 236 g/mol. The van der Waals surface area contributed by atoms with E-state index in [1.165, 1.54) is 0 Å². The van der Waals surface area contributed by atoms with Gasteiger partial charge in [-0.15, -0.1) is 0 Å². The van der Waals surface area contributed by atoms with E-state index >= 15 is 0 Å². The van der Waals surface area contributed by atoms with E-state index in [4.69, 9.17) is 4.74 Å². The SMILES string of the molecule is COc1cnn(C(C)C)c1C1CCC(=O)C1C. The number of methoxy groups -OCH3 is 1. The van der Waals surface area contributed by atoms with E-state index in [1.54, 1.807) is 13.3 Å². The molecule has 0 N–H and O–H groups in total. The highest BCUT2D eigenvalue weighted by Gasteiger charge is 2.36. The first-order chi connectivity index (χ1) is 8.06. The van der Waals surface area contributed by atoms with Gasteiger partial charge < -0.3 is 4.74 Å². The molecule has 4 heteroatoms. The van der Waals surface area contributed by atoms with Gasteiger partial charge >= 0.3 is 0 Å². The van der Waals surface area contributed by atoms with Crippen molar-refractivity contribution in [2.75, 3.05) is 7.11 Å². The highest BCUT2D eigenvalue weighted by atomic mass is 16.5. The first-order valence-corrected chi connectivity index (χ1v) is 6.20. The third kappa shape index (κ3) is 1.96. The fraction of sp³-hybridized carbons (Fsp3) is 0.692. The van der Waals surface area contributed by atoms with Gasteiger partial charge in [0.25, 0.3) is 0 Å². The molecule has 0 saturated heterocycles. The van der Waals surface area contributed by atoms with E-state index in [1.807, 2.05) is 11.6 Å². The van der Waals surface area contributed by atoms with Gasteiger partial charge in [-0.3, -0.25) is 9.48 Å². The van der Waals surface area contributed by atoms with Crippen molar-refractivity contribution >= 4 is 5.78 Å². The molecule has 1 aliphatic rings. The first-order valence-electron chi connectivity index (χ1n) is 6.20. The van der Waals surface area contributed by atoms with Crippen molar-refractivity contribution in [3.63, 3.8) is 0 Å². The minimum absolute atomic E-state index is 0.0816. The molecule has 1 saturated carbocycles. The molecule has 2 unspecified atom stereocenters. The van der Waals surface area contributed by atoms with E-state index in [0.29, 0.717) is 12.2 Å². The second kappa shape index (κ2) is 4.51. The zero-order valence-electron chi connectivity index (χ0n) is 10.9. The molecule has 1 heterocycles. The Kier molecular flexibility index (Phi) is 3.22. The smallest absolute Gasteiger partial charge is 0.160 e. The fourth-order valence-electron chi connectivity index (χ4n) is 2.65. The van der Waals surface area contributed by atoms with Crippen LogP contribution in [0.25, 0.3) is 0 Å². The Hall–Kier alpha value is -1.32. The molecule has 0 bridgehead atoms. The van der Waals surface area contributed by atoms with Gasteiger partial charge in [0.1, 0.15) is 5.78 Å². The quantitative estimate of drug-likeness (QED) is 0.810. The van der Waals surface area contributed by atoms with Crippen molar-refractivity contribution in [1.29, 1.82) is 0 Å². The summed E-state index contributed by atoms with van der Waals surface area (Å²) in [6, 6.07) is 0.289. The van der Waals surface area contributed by atoms with E-state index in [0.717, 1.165) is 17.9 Å². The normalized spacial score (nSPS) is 24.6. The van der Waals surface area contributed by atoms with Crippen LogP contribution in [0.5, 0.6) is 5.75 Å². The van der Waals surface area contributed by atoms with E-state index < -0.39 is 0 Å². The highest BCUT2D eigenvalue weighted by Crippen LogP contribution is 2.41. The van der Waals surface area contributed by atoms with Crippen LogP contribution in [0.1, 0.15) is 51.3 Å². The molecular weight excluding hydrogens is 216 g/mol. The Labute approximate surface area is 102 Å². The average Bonchev–Trinajstić information content (AvgIpc) is 2.84. The van der Waals surface area contributed by atoms with Crippen LogP contribution in [-0.2, 0) is 4.79 Å². The van der Waals surface area contributed by atoms with Gasteiger partial charge in [-0.2, -0.15) is 5.10 Å². The molecule has 0 aromatic carbocycles. The largest absolute Gasteiger partial charge is 0.493 e. The molecule has 1 aliphatic carbocycles. The predicted molar refractivity (Wildman–Crippen MR) is 65.3 cm³/mol. The maximum absolute atomic E-state index is 11.7. The lowest BCUT2D eigenvalue weighted by molar-refractivity contribution is -0.120. The lowest BCUT2D eigenvalue weighted by Crippen LogP contribution is -2.16. The second-order valence-electron chi connectivity index (χ2n) is 5.04. The Morgan fingerprint density at radius 1 is 1.53 bits per heavy atom. The summed E-state index contributed by atoms with van der Waals surface area (Å²) in [5.74, 6) is 1.50. The number of hydrogen-bond acceptors (Lipinski definition) is 3. The molecule has 1 aromatic heterocycles. The van der Waals surface area contributed by atoms with Crippen molar-refractivity contribution in [2.45, 2.75) is 45.6 Å². The van der Waals surface area contributed by atoms with Gasteiger partial charge in [0, 0.05) is 24.3 Å². The van der Waals surface area contributed by atoms with Crippen molar-refractivity contribution in [3.05, 3.63) is 11.9 Å². The van der Waals surface area contributed by atoms with Crippen LogP contribution < -0.4 is 4.74 Å². The second-order valence-corrected chi connectivity index (χ2v) is 5.04. The summed E-state index contributed by atoms with van der Waals surface area (Å²) in [5.41, 5.74) is 1.08. The summed E-state index contributed by atoms with van der Waals surface area (Å²) in [4.78, 5) is 11.7. The van der Waals surface area contributed by atoms with Gasteiger partial charge in [0.15, 0.2) is 5.75 Å². The average molecular weight is 236 g/mol. The van der Waals surface area contributed by atoms with Crippen LogP contribution in [-0.4, -0.2) is 22.7 Å². The maximum Gasteiger partial charge on any atom is 0.160 e. The Morgan fingerprint density at radius 2 is 2.24 bits per heavy atom. The van der Waals surface area contributed by atoms with E-state index in [-0.39, 0.29) is 17.9 Å². The topological polar surface area (TPSA) is 44.1 Å². The predicted octanol–water partition coefficient (Wildman–Crippen LogP) is 2.56. The Balaban J connectivity index is 2.42. The molecule has 1 aromatic rings. The summed E-state index contributed by atoms with van der Waals surface area (Å²) in [7, 11) is 1.66. The highest BCUT2D eigenvalue weighted by molar-refractivity contribution is 5.84. The van der Waals surface area contributed by atoms with Crippen molar-refractivity contribution < 1.29 is 9.53 Å². The third-order valence-corrected chi connectivity index (χ3v) is 3.67. The molecular formula is C13H20N2O2. The number of carbonyl (C=O) groups excluding carboxylic acids is 1. The molecule has 0 spiro atoms. The van der Waals surface area contributed by atoms with E-state index in [2.05, 4.69) is 18.9 Å². The molecule has 2 rings (SSSR count). The third-order valence-electron chi connectivity index (χ3n) is 3.67. The number of carbonyl (C=O) groups is 1. The Morgan fingerprint density at radius 3 is 2.71 bits per heavy atom. The van der Waals surface area contributed by atoms with E-state index in [9.17, 15) is 4.79 Å². The van der Waals surface area contributed by atoms with Crippen LogP contribution >= 0.6 is 0 Å². The number of aromatic nitrogens is 2. The number of hydrogen-bond donors (Lipinski definition) is 0. The van der Waals surface area contributed by atoms with Crippen molar-refractivity contribution in [1.82, 2.24) is 9.78 Å². The maximum atomic E-state index is 11.7. The summed E-state index contributed by atoms with van der Waals surface area (Å²) < 4.78 is 7.36. The number of Topliss-reactive ketones (excluding diaryl/α,β-unsaturated/α-hetero) is 1. The summed E-state index contributed by atoms with van der Waals surface area (Å²) in [5, 5.41) is 4.37. The number of rotatable bonds is 3. The van der Waals surface area contributed by atoms with Crippen molar-refractivity contribution in [2.24, 2.45) is 5.92 Å². The van der Waals surface area contributed by atoms with Gasteiger partial charge in [-0.1, -0.05) is 6.92 Å².